The molecule has 0 saturated carbocycles. The molecule has 0 radical (unpaired) electrons. The standard InChI is InChI=1S/C27H23NO6S/c29-26(28-22-11-13-24(14-12-22)34-23-8-2-1-3-9-23)19-33-27(30)16-17-35(31,32)25-15-10-20-6-4-5-7-21(20)18-25/h1-15,18H,16-17,19H2,(H,28,29). The van der Waals surface area contributed by atoms with Crippen molar-refractivity contribution in [1.82, 2.24) is 0 Å². The van der Waals surface area contributed by atoms with Crippen molar-refractivity contribution < 1.29 is 27.5 Å². The number of esters is 1. The summed E-state index contributed by atoms with van der Waals surface area (Å²) in [7, 11) is -3.67. The number of hydrogen-bond donors (Lipinski definition) is 1. The van der Waals surface area contributed by atoms with Gasteiger partial charge >= 0.3 is 5.97 Å². The second-order valence-corrected chi connectivity index (χ2v) is 9.84. The van der Waals surface area contributed by atoms with Crippen LogP contribution in [0.4, 0.5) is 5.69 Å². The minimum absolute atomic E-state index is 0.140. The summed E-state index contributed by atoms with van der Waals surface area (Å²) < 4.78 is 35.8. The predicted molar refractivity (Wildman–Crippen MR) is 133 cm³/mol. The van der Waals surface area contributed by atoms with Crippen molar-refractivity contribution in [3.63, 3.8) is 0 Å². The van der Waals surface area contributed by atoms with E-state index < -0.39 is 34.1 Å². The Morgan fingerprint density at radius 2 is 1.40 bits per heavy atom. The Labute approximate surface area is 203 Å². The van der Waals surface area contributed by atoms with Crippen LogP contribution in [-0.2, 0) is 24.2 Å². The summed E-state index contributed by atoms with van der Waals surface area (Å²) in [5, 5.41) is 4.34. The molecule has 7 nitrogen and oxygen atoms in total. The Hall–Kier alpha value is -4.17. The molecule has 0 aromatic heterocycles. The third-order valence-electron chi connectivity index (χ3n) is 5.14. The number of sulfone groups is 1. The maximum absolute atomic E-state index is 12.6. The number of para-hydroxylation sites is 1. The molecule has 0 heterocycles. The summed E-state index contributed by atoms with van der Waals surface area (Å²) in [6.07, 6.45) is -0.353. The van der Waals surface area contributed by atoms with E-state index in [-0.39, 0.29) is 11.3 Å². The quantitative estimate of drug-likeness (QED) is 0.333. The summed E-state index contributed by atoms with van der Waals surface area (Å²) in [5.74, 6) is -0.412. The van der Waals surface area contributed by atoms with Gasteiger partial charge in [-0.15, -0.1) is 0 Å². The molecule has 0 saturated heterocycles. The average Bonchev–Trinajstić information content (AvgIpc) is 2.88. The van der Waals surface area contributed by atoms with Gasteiger partial charge in [-0.25, -0.2) is 8.42 Å². The van der Waals surface area contributed by atoms with E-state index >= 15 is 0 Å². The second kappa shape index (κ2) is 10.8. The second-order valence-electron chi connectivity index (χ2n) is 7.73. The van der Waals surface area contributed by atoms with Crippen LogP contribution in [0.25, 0.3) is 10.8 Å². The van der Waals surface area contributed by atoms with E-state index in [1.165, 1.54) is 6.07 Å². The Bertz CT molecular complexity index is 1430. The lowest BCUT2D eigenvalue weighted by atomic mass is 10.1. The number of carbonyl (C=O) groups excluding carboxylic acids is 2. The lowest BCUT2D eigenvalue weighted by Gasteiger charge is -2.09. The van der Waals surface area contributed by atoms with Crippen LogP contribution in [0.15, 0.2) is 102 Å². The highest BCUT2D eigenvalue weighted by molar-refractivity contribution is 7.91. The molecule has 4 rings (SSSR count). The highest BCUT2D eigenvalue weighted by Crippen LogP contribution is 2.23. The molecule has 0 aliphatic rings. The van der Waals surface area contributed by atoms with Crippen LogP contribution in [0.3, 0.4) is 0 Å². The van der Waals surface area contributed by atoms with Crippen LogP contribution in [0.2, 0.25) is 0 Å². The molecule has 0 spiro atoms. The van der Waals surface area contributed by atoms with E-state index in [4.69, 9.17) is 9.47 Å². The monoisotopic (exact) mass is 489 g/mol. The minimum atomic E-state index is -3.67. The van der Waals surface area contributed by atoms with E-state index in [9.17, 15) is 18.0 Å². The molecule has 1 amide bonds. The molecular weight excluding hydrogens is 466 g/mol. The Morgan fingerprint density at radius 3 is 2.14 bits per heavy atom. The number of anilines is 1. The zero-order valence-electron chi connectivity index (χ0n) is 18.7. The third kappa shape index (κ3) is 6.68. The molecule has 8 heteroatoms. The average molecular weight is 490 g/mol. The van der Waals surface area contributed by atoms with Gasteiger partial charge in [-0.3, -0.25) is 9.59 Å². The number of amides is 1. The van der Waals surface area contributed by atoms with Gasteiger partial charge in [0, 0.05) is 5.69 Å². The summed E-state index contributed by atoms with van der Waals surface area (Å²) in [5.41, 5.74) is 0.505. The van der Waals surface area contributed by atoms with Gasteiger partial charge in [0.2, 0.25) is 0 Å². The highest BCUT2D eigenvalue weighted by Gasteiger charge is 2.18. The fourth-order valence-electron chi connectivity index (χ4n) is 3.34. The zero-order chi connectivity index (χ0) is 24.7. The SMILES string of the molecule is O=C(COC(=O)CCS(=O)(=O)c1ccc2ccccc2c1)Nc1ccc(Oc2ccccc2)cc1. The van der Waals surface area contributed by atoms with Crippen LogP contribution in [0, 0.1) is 0 Å². The van der Waals surface area contributed by atoms with Gasteiger partial charge < -0.3 is 14.8 Å². The molecule has 0 aliphatic heterocycles. The maximum Gasteiger partial charge on any atom is 0.307 e. The van der Waals surface area contributed by atoms with Gasteiger partial charge in [-0.05, 0) is 59.3 Å². The number of nitrogens with one attached hydrogen (secondary N) is 1. The molecule has 178 valence electrons. The van der Waals surface area contributed by atoms with Crippen LogP contribution in [0.5, 0.6) is 11.5 Å². The molecule has 0 bridgehead atoms. The molecular formula is C27H23NO6S. The van der Waals surface area contributed by atoms with Crippen molar-refractivity contribution in [2.24, 2.45) is 0 Å². The minimum Gasteiger partial charge on any atom is -0.457 e. The first kappa shape index (κ1) is 24.0. The predicted octanol–water partition coefficient (Wildman–Crippen LogP) is 4.98. The first-order valence-corrected chi connectivity index (χ1v) is 12.5. The first-order valence-electron chi connectivity index (χ1n) is 10.9. The van der Waals surface area contributed by atoms with Crippen LogP contribution in [-0.4, -0.2) is 32.7 Å². The summed E-state index contributed by atoms with van der Waals surface area (Å²) in [4.78, 5) is 24.3. The molecule has 35 heavy (non-hydrogen) atoms. The van der Waals surface area contributed by atoms with Crippen molar-refractivity contribution in [2.45, 2.75) is 11.3 Å². The van der Waals surface area contributed by atoms with E-state index in [1.807, 2.05) is 54.6 Å². The number of hydrogen-bond acceptors (Lipinski definition) is 6. The molecule has 1 N–H and O–H groups in total. The maximum atomic E-state index is 12.6. The van der Waals surface area contributed by atoms with Crippen molar-refractivity contribution in [3.8, 4) is 11.5 Å². The molecule has 0 atom stereocenters. The largest absolute Gasteiger partial charge is 0.457 e. The van der Waals surface area contributed by atoms with E-state index in [0.29, 0.717) is 17.2 Å². The molecule has 4 aromatic rings. The Balaban J connectivity index is 1.23. The van der Waals surface area contributed by atoms with E-state index in [2.05, 4.69) is 5.32 Å². The van der Waals surface area contributed by atoms with Gasteiger partial charge in [-0.2, -0.15) is 0 Å². The van der Waals surface area contributed by atoms with Gasteiger partial charge in [0.15, 0.2) is 16.4 Å². The number of ether oxygens (including phenoxy) is 2. The number of carbonyl (C=O) groups is 2. The topological polar surface area (TPSA) is 98.8 Å². The Morgan fingerprint density at radius 1 is 0.743 bits per heavy atom. The molecule has 0 unspecified atom stereocenters. The van der Waals surface area contributed by atoms with Gasteiger partial charge in [0.1, 0.15) is 11.5 Å². The fourth-order valence-corrected chi connectivity index (χ4v) is 4.60. The van der Waals surface area contributed by atoms with Crippen molar-refractivity contribution in [3.05, 3.63) is 97.1 Å². The molecule has 4 aromatic carbocycles. The first-order chi connectivity index (χ1) is 16.9. The molecule has 0 aliphatic carbocycles. The third-order valence-corrected chi connectivity index (χ3v) is 6.85. The number of benzene rings is 4. The smallest absolute Gasteiger partial charge is 0.307 e. The Kier molecular flexibility index (Phi) is 7.42. The van der Waals surface area contributed by atoms with Crippen LogP contribution >= 0.6 is 0 Å². The number of rotatable bonds is 9. The normalized spacial score (nSPS) is 11.1. The zero-order valence-corrected chi connectivity index (χ0v) is 19.5. The fraction of sp³-hybridized carbons (Fsp3) is 0.111. The summed E-state index contributed by atoms with van der Waals surface area (Å²) >= 11 is 0. The summed E-state index contributed by atoms with van der Waals surface area (Å²) in [6, 6.07) is 28.3. The summed E-state index contributed by atoms with van der Waals surface area (Å²) in [6.45, 7) is -0.517. The van der Waals surface area contributed by atoms with Crippen LogP contribution in [0.1, 0.15) is 6.42 Å². The van der Waals surface area contributed by atoms with E-state index in [0.717, 1.165) is 10.8 Å². The van der Waals surface area contributed by atoms with Gasteiger partial charge in [0.25, 0.3) is 5.91 Å². The highest BCUT2D eigenvalue weighted by atomic mass is 32.2. The lowest BCUT2D eigenvalue weighted by Crippen LogP contribution is -2.22. The van der Waals surface area contributed by atoms with Crippen molar-refractivity contribution in [2.75, 3.05) is 17.7 Å². The lowest BCUT2D eigenvalue weighted by molar-refractivity contribution is -0.146. The van der Waals surface area contributed by atoms with Crippen LogP contribution < -0.4 is 10.1 Å². The molecule has 0 fully saturated rings. The van der Waals surface area contributed by atoms with Gasteiger partial charge in [-0.1, -0.05) is 48.5 Å². The number of fused-ring (bicyclic) bond motifs is 1. The van der Waals surface area contributed by atoms with Crippen molar-refractivity contribution in [1.29, 1.82) is 0 Å². The van der Waals surface area contributed by atoms with Crippen molar-refractivity contribution >= 4 is 38.2 Å². The van der Waals surface area contributed by atoms with Gasteiger partial charge in [0.05, 0.1) is 17.1 Å². The van der Waals surface area contributed by atoms with E-state index in [1.54, 1.807) is 36.4 Å².